The van der Waals surface area contributed by atoms with Crippen LogP contribution in [0.25, 0.3) is 0 Å². The Labute approximate surface area is 225 Å². The Morgan fingerprint density at radius 2 is 1.87 bits per heavy atom. The van der Waals surface area contributed by atoms with Crippen molar-refractivity contribution in [2.45, 2.75) is 63.5 Å². The number of benzene rings is 1. The number of rotatable bonds is 6. The third-order valence-electron chi connectivity index (χ3n) is 7.98. The molecule has 0 atom stereocenters. The summed E-state index contributed by atoms with van der Waals surface area (Å²) in [6, 6.07) is 3.97. The Bertz CT molecular complexity index is 1230. The molecule has 2 aromatic rings. The van der Waals surface area contributed by atoms with Gasteiger partial charge in [-0.2, -0.15) is 13.8 Å². The van der Waals surface area contributed by atoms with Gasteiger partial charge in [0, 0.05) is 37.8 Å². The molecule has 9 nitrogen and oxygen atoms in total. The van der Waals surface area contributed by atoms with Crippen molar-refractivity contribution < 1.29 is 22.8 Å². The van der Waals surface area contributed by atoms with Gasteiger partial charge in [0.05, 0.1) is 18.4 Å². The predicted molar refractivity (Wildman–Crippen MR) is 142 cm³/mol. The number of nitrogens with zero attached hydrogens (tertiary/aromatic N) is 5. The van der Waals surface area contributed by atoms with Crippen molar-refractivity contribution >= 4 is 35.0 Å². The van der Waals surface area contributed by atoms with E-state index < -0.39 is 24.2 Å². The van der Waals surface area contributed by atoms with E-state index in [0.29, 0.717) is 0 Å². The van der Waals surface area contributed by atoms with Crippen LogP contribution in [0.2, 0.25) is 0 Å². The topological polar surface area (TPSA) is 93.7 Å². The summed E-state index contributed by atoms with van der Waals surface area (Å²) in [5.41, 5.74) is 0.416. The molecule has 2 aliphatic heterocycles. The maximum Gasteiger partial charge on any atom is 0.342 e. The minimum atomic E-state index is -3.58. The lowest BCUT2D eigenvalue weighted by atomic mass is 10.0. The molecule has 0 unspecified atom stereocenters. The Kier molecular flexibility index (Phi) is 7.66. The highest BCUT2D eigenvalue weighted by Crippen LogP contribution is 2.39. The fourth-order valence-corrected chi connectivity index (χ4v) is 5.64. The summed E-state index contributed by atoms with van der Waals surface area (Å²) in [7, 11) is 1.28. The number of amides is 2. The third kappa shape index (κ3) is 5.66. The lowest BCUT2D eigenvalue weighted by molar-refractivity contribution is -0.140. The molecule has 1 aliphatic carbocycles. The number of piperidine rings is 1. The van der Waals surface area contributed by atoms with Crippen molar-refractivity contribution in [3.63, 3.8) is 0 Å². The number of hydrogen-bond acceptors (Lipinski definition) is 7. The van der Waals surface area contributed by atoms with Crippen LogP contribution in [0.15, 0.2) is 24.4 Å². The maximum atomic E-state index is 15.0. The van der Waals surface area contributed by atoms with Crippen molar-refractivity contribution in [1.29, 1.82) is 0 Å². The summed E-state index contributed by atoms with van der Waals surface area (Å²) in [6.45, 7) is 4.14. The van der Waals surface area contributed by atoms with Crippen molar-refractivity contribution in [3.05, 3.63) is 35.8 Å². The van der Waals surface area contributed by atoms with Crippen LogP contribution in [0, 0.1) is 5.82 Å². The fourth-order valence-electron chi connectivity index (χ4n) is 5.64. The normalized spacial score (nSPS) is 20.6. The van der Waals surface area contributed by atoms with Crippen molar-refractivity contribution in [3.8, 4) is 0 Å². The summed E-state index contributed by atoms with van der Waals surface area (Å²) in [6.07, 6.45) is 6.25. The Balaban J connectivity index is 1.34. The molecule has 0 radical (unpaired) electrons. The van der Waals surface area contributed by atoms with Gasteiger partial charge in [0.2, 0.25) is 5.95 Å². The largest absolute Gasteiger partial charge is 0.349 e. The Morgan fingerprint density at radius 3 is 2.54 bits per heavy atom. The first kappa shape index (κ1) is 27.2. The van der Waals surface area contributed by atoms with E-state index in [-0.39, 0.29) is 46.7 Å². The van der Waals surface area contributed by atoms with Gasteiger partial charge in [-0.05, 0) is 50.4 Å². The summed E-state index contributed by atoms with van der Waals surface area (Å²) in [4.78, 5) is 38.5. The summed E-state index contributed by atoms with van der Waals surface area (Å²) >= 11 is 0. The van der Waals surface area contributed by atoms with Crippen LogP contribution in [0.3, 0.4) is 0 Å². The third-order valence-corrected chi connectivity index (χ3v) is 7.98. The number of carbonyl (C=O) groups is 2. The van der Waals surface area contributed by atoms with E-state index in [1.807, 2.05) is 0 Å². The van der Waals surface area contributed by atoms with Crippen molar-refractivity contribution in [2.24, 2.45) is 0 Å². The molecule has 3 heterocycles. The van der Waals surface area contributed by atoms with Gasteiger partial charge in [-0.25, -0.2) is 9.37 Å². The van der Waals surface area contributed by atoms with Crippen LogP contribution >= 0.6 is 0 Å². The molecular weight excluding hydrogens is 511 g/mol. The number of aromatic nitrogens is 2. The highest BCUT2D eigenvalue weighted by Gasteiger charge is 2.48. The summed E-state index contributed by atoms with van der Waals surface area (Å²) in [5, 5.41) is 5.79. The van der Waals surface area contributed by atoms with E-state index >= 15 is 4.39 Å². The molecule has 0 spiro atoms. The molecule has 12 heteroatoms. The maximum absolute atomic E-state index is 15.0. The number of carbonyl (C=O) groups excluding carboxylic acids is 2. The minimum absolute atomic E-state index is 0.00148. The number of alkyl halides is 2. The number of anilines is 4. The van der Waals surface area contributed by atoms with Crippen molar-refractivity contribution in [2.75, 3.05) is 48.3 Å². The first-order chi connectivity index (χ1) is 18.7. The van der Waals surface area contributed by atoms with Crippen LogP contribution in [-0.4, -0.2) is 77.9 Å². The smallest absolute Gasteiger partial charge is 0.342 e. The zero-order valence-electron chi connectivity index (χ0n) is 22.2. The van der Waals surface area contributed by atoms with Gasteiger partial charge in [0.1, 0.15) is 11.5 Å². The molecule has 1 aromatic heterocycles. The molecular formula is C27H34F3N7O2. The number of nitrogens with one attached hydrogen (secondary N) is 2. The molecule has 210 valence electrons. The van der Waals surface area contributed by atoms with Gasteiger partial charge >= 0.3 is 5.92 Å². The first-order valence-electron chi connectivity index (χ1n) is 13.6. The van der Waals surface area contributed by atoms with Crippen LogP contribution < -0.4 is 20.4 Å². The highest BCUT2D eigenvalue weighted by atomic mass is 19.3. The lowest BCUT2D eigenvalue weighted by Crippen LogP contribution is -2.48. The standard InChI is InChI=1S/C27H34F3N7O2/c1-3-36-12-10-18(11-13-36)32-24(38)17-8-9-21(20(28)14-17)33-26-31-15-22-23(34-26)37(19-6-4-5-7-19)16-27(29,30)25(39)35(22)2/h8-9,14-15,18-19H,3-7,10-13,16H2,1-2H3,(H,32,38)(H,31,33,34). The van der Waals surface area contributed by atoms with E-state index in [1.54, 1.807) is 0 Å². The average molecular weight is 546 g/mol. The molecule has 1 aromatic carbocycles. The highest BCUT2D eigenvalue weighted by molar-refractivity contribution is 6.02. The fraction of sp³-hybridized carbons (Fsp3) is 0.556. The second-order valence-corrected chi connectivity index (χ2v) is 10.5. The van der Waals surface area contributed by atoms with Gasteiger partial charge in [-0.3, -0.25) is 9.59 Å². The Morgan fingerprint density at radius 1 is 1.15 bits per heavy atom. The van der Waals surface area contributed by atoms with Gasteiger partial charge in [0.15, 0.2) is 5.82 Å². The zero-order valence-corrected chi connectivity index (χ0v) is 22.2. The average Bonchev–Trinajstić information content (AvgIpc) is 3.45. The minimum Gasteiger partial charge on any atom is -0.349 e. The van der Waals surface area contributed by atoms with E-state index in [4.69, 9.17) is 0 Å². The molecule has 1 saturated carbocycles. The summed E-state index contributed by atoms with van der Waals surface area (Å²) in [5.74, 6) is -5.70. The number of halogens is 3. The van der Waals surface area contributed by atoms with Crippen LogP contribution in [0.1, 0.15) is 55.8 Å². The molecule has 39 heavy (non-hydrogen) atoms. The molecule has 2 fully saturated rings. The van der Waals surface area contributed by atoms with Crippen LogP contribution in [0.5, 0.6) is 0 Å². The van der Waals surface area contributed by atoms with E-state index in [0.717, 1.165) is 69.1 Å². The number of likely N-dealkylation sites (tertiary alicyclic amines) is 1. The number of fused-ring (bicyclic) bond motifs is 1. The predicted octanol–water partition coefficient (Wildman–Crippen LogP) is 3.93. The van der Waals surface area contributed by atoms with E-state index in [1.165, 1.54) is 30.3 Å². The summed E-state index contributed by atoms with van der Waals surface area (Å²) < 4.78 is 44.6. The van der Waals surface area contributed by atoms with Crippen molar-refractivity contribution in [1.82, 2.24) is 20.2 Å². The molecule has 0 bridgehead atoms. The first-order valence-corrected chi connectivity index (χ1v) is 13.6. The molecule has 3 aliphatic rings. The Hall–Kier alpha value is -3.41. The second kappa shape index (κ2) is 11.0. The van der Waals surface area contributed by atoms with Crippen LogP contribution in [0.4, 0.5) is 36.3 Å². The van der Waals surface area contributed by atoms with Gasteiger partial charge in [-0.15, -0.1) is 0 Å². The molecule has 2 amide bonds. The van der Waals surface area contributed by atoms with Gasteiger partial charge in [0.25, 0.3) is 11.8 Å². The second-order valence-electron chi connectivity index (χ2n) is 10.5. The molecule has 2 N–H and O–H groups in total. The lowest BCUT2D eigenvalue weighted by Gasteiger charge is -2.31. The van der Waals surface area contributed by atoms with E-state index in [9.17, 15) is 18.4 Å². The zero-order chi connectivity index (χ0) is 27.7. The van der Waals surface area contributed by atoms with E-state index in [2.05, 4.69) is 32.4 Å². The quantitative estimate of drug-likeness (QED) is 0.568. The number of hydrogen-bond donors (Lipinski definition) is 2. The molecule has 1 saturated heterocycles. The SMILES string of the molecule is CCN1CCC(NC(=O)c2ccc(Nc3ncc4c(n3)N(C3CCCC3)CC(F)(F)C(=O)N4C)c(F)c2)CC1. The molecule has 5 rings (SSSR count). The van der Waals surface area contributed by atoms with Crippen LogP contribution in [-0.2, 0) is 4.79 Å². The monoisotopic (exact) mass is 545 g/mol. The van der Waals surface area contributed by atoms with Gasteiger partial charge in [-0.1, -0.05) is 19.8 Å². The van der Waals surface area contributed by atoms with Gasteiger partial charge < -0.3 is 25.3 Å².